The molecule has 1 saturated heterocycles. The summed E-state index contributed by atoms with van der Waals surface area (Å²) in [7, 11) is 3.36. The molecule has 8 nitrogen and oxygen atoms in total. The van der Waals surface area contributed by atoms with Crippen LogP contribution in [-0.2, 0) is 7.05 Å². The molecule has 1 unspecified atom stereocenters. The Kier molecular flexibility index (Phi) is 5.51. The summed E-state index contributed by atoms with van der Waals surface area (Å²) in [4.78, 5) is 27.3. The molecule has 0 aliphatic carbocycles. The van der Waals surface area contributed by atoms with Gasteiger partial charge in [0, 0.05) is 31.7 Å². The summed E-state index contributed by atoms with van der Waals surface area (Å²) < 4.78 is 6.76. The van der Waals surface area contributed by atoms with E-state index < -0.39 is 0 Å². The van der Waals surface area contributed by atoms with Gasteiger partial charge in [-0.3, -0.25) is 4.79 Å². The molecule has 0 aromatic carbocycles. The quantitative estimate of drug-likeness (QED) is 0.653. The Bertz CT molecular complexity index is 1200. The molecule has 1 aliphatic rings. The molecule has 31 heavy (non-hydrogen) atoms. The van der Waals surface area contributed by atoms with Crippen molar-refractivity contribution in [1.29, 1.82) is 0 Å². The van der Waals surface area contributed by atoms with E-state index in [1.807, 2.05) is 12.1 Å². The highest BCUT2D eigenvalue weighted by Crippen LogP contribution is 2.33. The third kappa shape index (κ3) is 3.91. The maximum Gasteiger partial charge on any atom is 0.270 e. The van der Waals surface area contributed by atoms with E-state index in [4.69, 9.17) is 11.3 Å². The molecule has 3 aromatic rings. The van der Waals surface area contributed by atoms with Gasteiger partial charge in [-0.15, -0.1) is 4.98 Å². The number of hydrogen-bond acceptors (Lipinski definition) is 6. The number of ether oxygens (including phenoxy) is 1. The Morgan fingerprint density at radius 3 is 2.74 bits per heavy atom. The van der Waals surface area contributed by atoms with Crippen molar-refractivity contribution in [3.8, 4) is 5.75 Å². The highest BCUT2D eigenvalue weighted by atomic mass is 16.5. The molecule has 4 heterocycles. The maximum atomic E-state index is 12.6. The van der Waals surface area contributed by atoms with Gasteiger partial charge in [-0.2, -0.15) is 0 Å². The Hall–Kier alpha value is -3.60. The number of rotatable bonds is 4. The molecular weight excluding hydrogens is 392 g/mol. The molecule has 1 fully saturated rings. The smallest absolute Gasteiger partial charge is 0.270 e. The van der Waals surface area contributed by atoms with Crippen molar-refractivity contribution in [1.82, 2.24) is 14.5 Å². The maximum absolute atomic E-state index is 12.6. The number of methoxy groups -OCH3 is 1. The number of fused-ring (bicyclic) bond motifs is 1. The van der Waals surface area contributed by atoms with E-state index >= 15 is 0 Å². The predicted molar refractivity (Wildman–Crippen MR) is 122 cm³/mol. The standard InChI is InChI=1S/C23H26N6O2/c1-14-13-29(15(2)10-17(14)26-21-8-6-16(31-5)12-25-21)19-11-22(30)28(4)18-7-9-20(24-3)27-23(18)19/h6-9,11-12,14-15,17H,10,13H2,1-2,4-5H3,(H,25,26)/t14-,15+,17?/m1/s1. The zero-order chi connectivity index (χ0) is 22.1. The zero-order valence-electron chi connectivity index (χ0n) is 18.2. The monoisotopic (exact) mass is 418 g/mol. The van der Waals surface area contributed by atoms with Crippen LogP contribution in [0.25, 0.3) is 15.9 Å². The molecule has 4 rings (SSSR count). The van der Waals surface area contributed by atoms with Crippen molar-refractivity contribution in [3.63, 3.8) is 0 Å². The van der Waals surface area contributed by atoms with Gasteiger partial charge in [-0.1, -0.05) is 13.5 Å². The fourth-order valence-corrected chi connectivity index (χ4v) is 4.24. The van der Waals surface area contributed by atoms with E-state index in [-0.39, 0.29) is 17.6 Å². The van der Waals surface area contributed by atoms with Crippen LogP contribution in [0.2, 0.25) is 0 Å². The van der Waals surface area contributed by atoms with Crippen molar-refractivity contribution < 1.29 is 4.74 Å². The predicted octanol–water partition coefficient (Wildman–Crippen LogP) is 3.60. The first-order valence-electron chi connectivity index (χ1n) is 10.3. The van der Waals surface area contributed by atoms with Crippen LogP contribution >= 0.6 is 0 Å². The van der Waals surface area contributed by atoms with Gasteiger partial charge < -0.3 is 24.4 Å². The lowest BCUT2D eigenvalue weighted by molar-refractivity contribution is 0.355. The average molecular weight is 419 g/mol. The van der Waals surface area contributed by atoms with Crippen molar-refractivity contribution >= 4 is 28.4 Å². The summed E-state index contributed by atoms with van der Waals surface area (Å²) in [5.41, 5.74) is 2.14. The van der Waals surface area contributed by atoms with Gasteiger partial charge in [0.1, 0.15) is 11.6 Å². The van der Waals surface area contributed by atoms with E-state index in [1.54, 1.807) is 43.1 Å². The highest BCUT2D eigenvalue weighted by Gasteiger charge is 2.33. The van der Waals surface area contributed by atoms with Gasteiger partial charge in [0.25, 0.3) is 11.4 Å². The van der Waals surface area contributed by atoms with Gasteiger partial charge >= 0.3 is 0 Å². The number of nitrogens with zero attached hydrogens (tertiary/aromatic N) is 5. The minimum absolute atomic E-state index is 0.0811. The van der Waals surface area contributed by atoms with Crippen molar-refractivity contribution in [2.75, 3.05) is 23.9 Å². The van der Waals surface area contributed by atoms with Crippen molar-refractivity contribution in [2.24, 2.45) is 13.0 Å². The molecule has 0 spiro atoms. The molecular formula is C23H26N6O2. The second kappa shape index (κ2) is 8.26. The second-order valence-electron chi connectivity index (χ2n) is 8.12. The zero-order valence-corrected chi connectivity index (χ0v) is 18.2. The number of aryl methyl sites for hydroxylation is 1. The summed E-state index contributed by atoms with van der Waals surface area (Å²) >= 11 is 0. The first kappa shape index (κ1) is 20.7. The van der Waals surface area contributed by atoms with Crippen molar-refractivity contribution in [3.05, 3.63) is 58.3 Å². The molecule has 1 aliphatic heterocycles. The first-order valence-corrected chi connectivity index (χ1v) is 10.3. The van der Waals surface area contributed by atoms with Gasteiger partial charge in [-0.05, 0) is 43.5 Å². The summed E-state index contributed by atoms with van der Waals surface area (Å²) in [5, 5.41) is 3.55. The third-order valence-corrected chi connectivity index (χ3v) is 6.08. The minimum Gasteiger partial charge on any atom is -0.495 e. The lowest BCUT2D eigenvalue weighted by Crippen LogP contribution is -2.50. The van der Waals surface area contributed by atoms with Crippen LogP contribution in [0.1, 0.15) is 20.3 Å². The largest absolute Gasteiger partial charge is 0.495 e. The number of hydrogen-bond donors (Lipinski definition) is 1. The number of aromatic nitrogens is 3. The molecule has 0 saturated carbocycles. The van der Waals surface area contributed by atoms with Gasteiger partial charge in [0.15, 0.2) is 0 Å². The van der Waals surface area contributed by atoms with E-state index in [0.29, 0.717) is 17.3 Å². The highest BCUT2D eigenvalue weighted by molar-refractivity contribution is 5.89. The van der Waals surface area contributed by atoms with Crippen LogP contribution in [0.4, 0.5) is 17.3 Å². The molecule has 3 atom stereocenters. The van der Waals surface area contributed by atoms with Crippen molar-refractivity contribution in [2.45, 2.75) is 32.4 Å². The number of anilines is 2. The summed E-state index contributed by atoms with van der Waals surface area (Å²) in [5.74, 6) is 2.18. The lowest BCUT2D eigenvalue weighted by Gasteiger charge is -2.43. The fraction of sp³-hybridized carbons (Fsp3) is 0.391. The SMILES string of the molecule is [C-]#[N+]c1ccc2c(n1)c(N1C[C@@H](C)C(Nc3ccc(OC)cn3)C[C@@H]1C)cc(=O)n2C. The van der Waals surface area contributed by atoms with Gasteiger partial charge in [0.05, 0.1) is 24.5 Å². The van der Waals surface area contributed by atoms with E-state index in [1.165, 1.54) is 0 Å². The Morgan fingerprint density at radius 1 is 1.26 bits per heavy atom. The number of nitrogens with one attached hydrogen (secondary N) is 1. The third-order valence-electron chi connectivity index (χ3n) is 6.08. The Labute approximate surface area is 181 Å². The van der Waals surface area contributed by atoms with E-state index in [9.17, 15) is 4.79 Å². The molecule has 1 N–H and O–H groups in total. The minimum atomic E-state index is -0.0811. The summed E-state index contributed by atoms with van der Waals surface area (Å²) in [6.45, 7) is 12.4. The van der Waals surface area contributed by atoms with E-state index in [0.717, 1.165) is 35.7 Å². The Morgan fingerprint density at radius 2 is 2.06 bits per heavy atom. The first-order chi connectivity index (χ1) is 14.9. The summed E-state index contributed by atoms with van der Waals surface area (Å²) in [6.07, 6.45) is 2.59. The van der Waals surface area contributed by atoms with Crippen LogP contribution in [0.3, 0.4) is 0 Å². The van der Waals surface area contributed by atoms with Crippen LogP contribution in [0.15, 0.2) is 41.3 Å². The van der Waals surface area contributed by atoms with Crippen LogP contribution < -0.4 is 20.5 Å². The van der Waals surface area contributed by atoms with Crippen LogP contribution in [-0.4, -0.2) is 40.3 Å². The number of piperidine rings is 1. The molecule has 3 aromatic heterocycles. The lowest BCUT2D eigenvalue weighted by atomic mass is 9.89. The molecule has 0 radical (unpaired) electrons. The van der Waals surface area contributed by atoms with Gasteiger partial charge in [-0.25, -0.2) is 4.98 Å². The second-order valence-corrected chi connectivity index (χ2v) is 8.12. The molecule has 0 amide bonds. The molecule has 160 valence electrons. The topological polar surface area (TPSA) is 76.6 Å². The Balaban J connectivity index is 1.63. The molecule has 8 heteroatoms. The van der Waals surface area contributed by atoms with Crippen LogP contribution in [0.5, 0.6) is 5.75 Å². The number of pyridine rings is 3. The summed E-state index contributed by atoms with van der Waals surface area (Å²) in [6, 6.07) is 9.35. The fourth-order valence-electron chi connectivity index (χ4n) is 4.24. The van der Waals surface area contributed by atoms with E-state index in [2.05, 4.69) is 38.9 Å². The van der Waals surface area contributed by atoms with Gasteiger partial charge in [0.2, 0.25) is 5.52 Å². The van der Waals surface area contributed by atoms with Crippen LogP contribution in [0, 0.1) is 12.5 Å². The molecule has 0 bridgehead atoms. The normalized spacial score (nSPS) is 21.0. The average Bonchev–Trinajstić information content (AvgIpc) is 2.78.